The highest BCUT2D eigenvalue weighted by atomic mass is 32.1. The van der Waals surface area contributed by atoms with E-state index in [9.17, 15) is 9.90 Å². The van der Waals surface area contributed by atoms with E-state index in [0.717, 1.165) is 59.1 Å². The van der Waals surface area contributed by atoms with Crippen LogP contribution >= 0.6 is 11.3 Å². The summed E-state index contributed by atoms with van der Waals surface area (Å²) in [5.41, 5.74) is 4.36. The van der Waals surface area contributed by atoms with Crippen molar-refractivity contribution in [3.63, 3.8) is 0 Å². The van der Waals surface area contributed by atoms with Crippen LogP contribution < -0.4 is 5.32 Å². The van der Waals surface area contributed by atoms with Crippen molar-refractivity contribution in [1.29, 1.82) is 0 Å². The van der Waals surface area contributed by atoms with E-state index in [0.29, 0.717) is 12.5 Å². The lowest BCUT2D eigenvalue weighted by molar-refractivity contribution is -0.120. The summed E-state index contributed by atoms with van der Waals surface area (Å²) in [6, 6.07) is 7.86. The lowest BCUT2D eigenvalue weighted by Crippen LogP contribution is -2.33. The molecule has 1 saturated heterocycles. The zero-order valence-corrected chi connectivity index (χ0v) is 20.3. The van der Waals surface area contributed by atoms with Gasteiger partial charge in [-0.05, 0) is 45.1 Å². The number of aliphatic hydroxyl groups is 1. The van der Waals surface area contributed by atoms with Gasteiger partial charge in [-0.1, -0.05) is 24.3 Å². The number of benzene rings is 1. The molecule has 2 N–H and O–H groups in total. The van der Waals surface area contributed by atoms with Crippen LogP contribution in [0.25, 0.3) is 21.8 Å². The van der Waals surface area contributed by atoms with Crippen molar-refractivity contribution in [2.24, 2.45) is 5.92 Å². The number of carbonyl (C=O) groups is 1. The van der Waals surface area contributed by atoms with Gasteiger partial charge in [0.2, 0.25) is 5.91 Å². The minimum atomic E-state index is -0.215. The van der Waals surface area contributed by atoms with Crippen LogP contribution in [0.5, 0.6) is 0 Å². The lowest BCUT2D eigenvalue weighted by Gasteiger charge is -2.23. The maximum absolute atomic E-state index is 12.5. The van der Waals surface area contributed by atoms with Crippen LogP contribution in [0.3, 0.4) is 0 Å². The van der Waals surface area contributed by atoms with E-state index < -0.39 is 0 Å². The van der Waals surface area contributed by atoms with Gasteiger partial charge in [-0.3, -0.25) is 9.48 Å². The van der Waals surface area contributed by atoms with Gasteiger partial charge < -0.3 is 15.2 Å². The highest BCUT2D eigenvalue weighted by Crippen LogP contribution is 2.36. The number of hydrogen-bond donors (Lipinski definition) is 2. The number of aromatic nitrogens is 3. The van der Waals surface area contributed by atoms with Gasteiger partial charge in [0.1, 0.15) is 5.01 Å². The Bertz CT molecular complexity index is 1080. The molecule has 0 aliphatic carbocycles. The number of hydrogen-bond acceptors (Lipinski definition) is 6. The van der Waals surface area contributed by atoms with Gasteiger partial charge in [0, 0.05) is 30.7 Å². The third kappa shape index (κ3) is 5.69. The standard InChI is InChI=1S/C25H32N4O3S/c1-25(2,3)29-23(19-6-4-18(15-30)5-7-19)21(14-27-29)24-28-20(16-33-24)12-22(31)26-13-17-8-10-32-11-9-17/h4-7,14,16-17,30H,8-13,15H2,1-3H3,(H,26,31). The SMILES string of the molecule is CC(C)(C)n1ncc(-c2nc(CC(=O)NCC3CCOCC3)cs2)c1-c1ccc(CO)cc1. The number of amides is 1. The lowest BCUT2D eigenvalue weighted by atomic mass is 10.0. The fourth-order valence-electron chi connectivity index (χ4n) is 4.01. The quantitative estimate of drug-likeness (QED) is 0.547. The van der Waals surface area contributed by atoms with Gasteiger partial charge in [-0.25, -0.2) is 4.98 Å². The fourth-order valence-corrected chi connectivity index (χ4v) is 4.84. The Kier molecular flexibility index (Phi) is 7.26. The number of ether oxygens (including phenoxy) is 1. The first-order valence-corrected chi connectivity index (χ1v) is 12.3. The summed E-state index contributed by atoms with van der Waals surface area (Å²) in [6.45, 7) is 8.62. The topological polar surface area (TPSA) is 89.3 Å². The van der Waals surface area contributed by atoms with Crippen molar-refractivity contribution in [1.82, 2.24) is 20.1 Å². The van der Waals surface area contributed by atoms with Gasteiger partial charge in [0.15, 0.2) is 0 Å². The Morgan fingerprint density at radius 1 is 1.24 bits per heavy atom. The normalized spacial score (nSPS) is 15.0. The van der Waals surface area contributed by atoms with Crippen molar-refractivity contribution in [3.8, 4) is 21.8 Å². The Balaban J connectivity index is 1.53. The highest BCUT2D eigenvalue weighted by Gasteiger charge is 2.24. The Morgan fingerprint density at radius 2 is 1.97 bits per heavy atom. The molecule has 2 aromatic heterocycles. The van der Waals surface area contributed by atoms with Crippen LogP contribution in [0.4, 0.5) is 0 Å². The Morgan fingerprint density at radius 3 is 2.64 bits per heavy atom. The number of rotatable bonds is 7. The van der Waals surface area contributed by atoms with E-state index >= 15 is 0 Å². The van der Waals surface area contributed by atoms with Crippen LogP contribution in [0, 0.1) is 5.92 Å². The zero-order valence-electron chi connectivity index (χ0n) is 19.5. The van der Waals surface area contributed by atoms with E-state index in [2.05, 4.69) is 31.2 Å². The molecule has 1 aliphatic rings. The average molecular weight is 469 g/mol. The number of nitrogens with zero attached hydrogens (tertiary/aromatic N) is 3. The third-order valence-corrected chi connectivity index (χ3v) is 6.79. The molecule has 0 spiro atoms. The number of thiazole rings is 1. The summed E-state index contributed by atoms with van der Waals surface area (Å²) in [5.74, 6) is 0.500. The van der Waals surface area contributed by atoms with E-state index in [1.165, 1.54) is 11.3 Å². The molecule has 0 radical (unpaired) electrons. The molecule has 1 amide bonds. The predicted molar refractivity (Wildman–Crippen MR) is 130 cm³/mol. The molecular weight excluding hydrogens is 436 g/mol. The summed E-state index contributed by atoms with van der Waals surface area (Å²) in [5, 5.41) is 19.9. The minimum absolute atomic E-state index is 0.00328. The second kappa shape index (κ2) is 10.2. The maximum atomic E-state index is 12.5. The van der Waals surface area contributed by atoms with Crippen molar-refractivity contribution in [2.45, 2.75) is 52.2 Å². The molecule has 0 unspecified atom stereocenters. The van der Waals surface area contributed by atoms with Crippen molar-refractivity contribution in [2.75, 3.05) is 19.8 Å². The minimum Gasteiger partial charge on any atom is -0.392 e. The van der Waals surface area contributed by atoms with Crippen LogP contribution in [-0.2, 0) is 28.1 Å². The first-order chi connectivity index (χ1) is 15.8. The smallest absolute Gasteiger partial charge is 0.226 e. The van der Waals surface area contributed by atoms with Gasteiger partial charge in [0.05, 0.1) is 41.7 Å². The van der Waals surface area contributed by atoms with Crippen LogP contribution in [-0.4, -0.2) is 45.5 Å². The molecule has 4 rings (SSSR count). The first kappa shape index (κ1) is 23.6. The molecule has 3 heterocycles. The molecule has 0 atom stereocenters. The molecule has 1 aliphatic heterocycles. The molecule has 0 bridgehead atoms. The first-order valence-electron chi connectivity index (χ1n) is 11.4. The van der Waals surface area contributed by atoms with Gasteiger partial charge in [-0.15, -0.1) is 11.3 Å². The number of carbonyl (C=O) groups excluding carboxylic acids is 1. The molecular formula is C25H32N4O3S. The molecule has 8 heteroatoms. The highest BCUT2D eigenvalue weighted by molar-refractivity contribution is 7.13. The largest absolute Gasteiger partial charge is 0.392 e. The molecule has 176 valence electrons. The summed E-state index contributed by atoms with van der Waals surface area (Å²) in [7, 11) is 0. The monoisotopic (exact) mass is 468 g/mol. The van der Waals surface area contributed by atoms with Crippen LogP contribution in [0.1, 0.15) is 44.9 Å². The molecule has 33 heavy (non-hydrogen) atoms. The van der Waals surface area contributed by atoms with E-state index in [1.807, 2.05) is 40.5 Å². The molecule has 3 aromatic rings. The fraction of sp³-hybridized carbons (Fsp3) is 0.480. The Hall–Kier alpha value is -2.55. The second-order valence-corrected chi connectivity index (χ2v) is 10.4. The molecule has 1 aromatic carbocycles. The molecule has 0 saturated carbocycles. The molecule has 1 fully saturated rings. The maximum Gasteiger partial charge on any atom is 0.226 e. The van der Waals surface area contributed by atoms with Gasteiger partial charge >= 0.3 is 0 Å². The van der Waals surface area contributed by atoms with Crippen molar-refractivity contribution in [3.05, 3.63) is 47.1 Å². The van der Waals surface area contributed by atoms with E-state index in [4.69, 9.17) is 9.72 Å². The number of nitrogens with one attached hydrogen (secondary N) is 1. The van der Waals surface area contributed by atoms with Crippen LogP contribution in [0.2, 0.25) is 0 Å². The van der Waals surface area contributed by atoms with E-state index in [-0.39, 0.29) is 24.5 Å². The average Bonchev–Trinajstić information content (AvgIpc) is 3.45. The predicted octanol–water partition coefficient (Wildman–Crippen LogP) is 4.01. The third-order valence-electron chi connectivity index (χ3n) is 5.87. The van der Waals surface area contributed by atoms with Gasteiger partial charge in [0.25, 0.3) is 0 Å². The summed E-state index contributed by atoms with van der Waals surface area (Å²) in [4.78, 5) is 17.2. The Labute approximate surface area is 198 Å². The van der Waals surface area contributed by atoms with E-state index in [1.54, 1.807) is 0 Å². The molecule has 7 nitrogen and oxygen atoms in total. The second-order valence-electron chi connectivity index (χ2n) is 9.53. The van der Waals surface area contributed by atoms with Crippen molar-refractivity contribution < 1.29 is 14.6 Å². The summed E-state index contributed by atoms with van der Waals surface area (Å²) in [6.07, 6.45) is 4.13. The zero-order chi connectivity index (χ0) is 23.4. The van der Waals surface area contributed by atoms with Crippen LogP contribution in [0.15, 0.2) is 35.8 Å². The summed E-state index contributed by atoms with van der Waals surface area (Å²) < 4.78 is 7.40. The summed E-state index contributed by atoms with van der Waals surface area (Å²) >= 11 is 1.53. The van der Waals surface area contributed by atoms with Crippen molar-refractivity contribution >= 4 is 17.2 Å². The number of aliphatic hydroxyl groups excluding tert-OH is 1. The van der Waals surface area contributed by atoms with Gasteiger partial charge in [-0.2, -0.15) is 5.10 Å².